The van der Waals surface area contributed by atoms with Crippen molar-refractivity contribution in [1.82, 2.24) is 19.9 Å². The predicted molar refractivity (Wildman–Crippen MR) is 121 cm³/mol. The van der Waals surface area contributed by atoms with Gasteiger partial charge in [0.2, 0.25) is 0 Å². The Kier molecular flexibility index (Phi) is 4.95. The Labute approximate surface area is 184 Å². The second-order valence-electron chi connectivity index (χ2n) is 7.55. The second kappa shape index (κ2) is 7.92. The molecule has 1 saturated carbocycles. The van der Waals surface area contributed by atoms with Crippen LogP contribution in [0.5, 0.6) is 11.5 Å². The van der Waals surface area contributed by atoms with Crippen LogP contribution in [0.1, 0.15) is 12.8 Å². The molecule has 2 aromatic carbocycles. The normalized spacial score (nSPS) is 13.2. The Morgan fingerprint density at radius 1 is 1.19 bits per heavy atom. The van der Waals surface area contributed by atoms with Crippen molar-refractivity contribution >= 4 is 34.2 Å². The first kappa shape index (κ1) is 19.4. The third-order valence-corrected chi connectivity index (χ3v) is 5.46. The van der Waals surface area contributed by atoms with E-state index in [1.54, 1.807) is 30.7 Å². The summed E-state index contributed by atoms with van der Waals surface area (Å²) < 4.78 is 8.05. The Morgan fingerprint density at radius 2 is 2.06 bits per heavy atom. The van der Waals surface area contributed by atoms with Crippen molar-refractivity contribution in [3.8, 4) is 22.8 Å². The summed E-state index contributed by atoms with van der Waals surface area (Å²) in [4.78, 5) is 20.6. The van der Waals surface area contributed by atoms with Gasteiger partial charge in [0.05, 0.1) is 34.4 Å². The summed E-state index contributed by atoms with van der Waals surface area (Å²) in [5.41, 5.74) is 3.39. The molecule has 2 aromatic heterocycles. The number of anilines is 1. The summed E-state index contributed by atoms with van der Waals surface area (Å²) in [6.07, 6.45) is 7.35. The molecule has 0 aliphatic heterocycles. The van der Waals surface area contributed by atoms with Crippen molar-refractivity contribution in [2.24, 2.45) is 7.05 Å². The van der Waals surface area contributed by atoms with Gasteiger partial charge in [0, 0.05) is 36.3 Å². The van der Waals surface area contributed by atoms with Crippen LogP contribution in [0.4, 0.5) is 10.5 Å². The third-order valence-electron chi connectivity index (χ3n) is 5.14. The van der Waals surface area contributed by atoms with Crippen LogP contribution in [-0.4, -0.2) is 26.6 Å². The third kappa shape index (κ3) is 4.18. The van der Waals surface area contributed by atoms with Gasteiger partial charge in [0.25, 0.3) is 0 Å². The maximum absolute atomic E-state index is 11.9. The zero-order chi connectivity index (χ0) is 21.4. The number of hydrogen-bond acceptors (Lipinski definition) is 4. The average Bonchev–Trinajstić information content (AvgIpc) is 3.46. The first-order chi connectivity index (χ1) is 15.1. The van der Waals surface area contributed by atoms with Crippen molar-refractivity contribution < 1.29 is 9.53 Å². The monoisotopic (exact) mass is 433 g/mol. The van der Waals surface area contributed by atoms with Crippen molar-refractivity contribution in [1.29, 1.82) is 0 Å². The molecule has 5 rings (SSSR count). The van der Waals surface area contributed by atoms with E-state index < -0.39 is 0 Å². The number of aryl methyl sites for hydroxylation is 1. The molecular weight excluding hydrogens is 414 g/mol. The summed E-state index contributed by atoms with van der Waals surface area (Å²) in [6.45, 7) is 0. The van der Waals surface area contributed by atoms with Gasteiger partial charge in [-0.25, -0.2) is 9.78 Å². The lowest BCUT2D eigenvalue weighted by atomic mass is 10.1. The lowest BCUT2D eigenvalue weighted by Crippen LogP contribution is -2.30. The molecular formula is C23H20ClN5O2. The quantitative estimate of drug-likeness (QED) is 0.443. The lowest BCUT2D eigenvalue weighted by molar-refractivity contribution is 0.251. The van der Waals surface area contributed by atoms with Crippen LogP contribution in [0, 0.1) is 0 Å². The number of nitrogens with zero attached hydrogens (tertiary/aromatic N) is 3. The van der Waals surface area contributed by atoms with Gasteiger partial charge in [-0.2, -0.15) is 0 Å². The number of hydrogen-bond donors (Lipinski definition) is 2. The maximum atomic E-state index is 11.9. The maximum Gasteiger partial charge on any atom is 0.319 e. The number of fused-ring (bicyclic) bond motifs is 1. The van der Waals surface area contributed by atoms with Crippen LogP contribution in [-0.2, 0) is 7.05 Å². The van der Waals surface area contributed by atoms with Crippen LogP contribution in [0.15, 0.2) is 61.2 Å². The molecule has 7 nitrogen and oxygen atoms in total. The van der Waals surface area contributed by atoms with Crippen LogP contribution >= 0.6 is 11.6 Å². The van der Waals surface area contributed by atoms with Gasteiger partial charge in [-0.3, -0.25) is 4.98 Å². The molecule has 0 spiro atoms. The van der Waals surface area contributed by atoms with Gasteiger partial charge in [-0.1, -0.05) is 17.7 Å². The van der Waals surface area contributed by atoms with Gasteiger partial charge in [-0.15, -0.1) is 0 Å². The Balaban J connectivity index is 1.38. The predicted octanol–water partition coefficient (Wildman–Crippen LogP) is 5.36. The minimum Gasteiger partial charge on any atom is -0.457 e. The number of rotatable bonds is 5. The summed E-state index contributed by atoms with van der Waals surface area (Å²) in [6, 6.07) is 13.1. The Hall–Kier alpha value is -3.58. The van der Waals surface area contributed by atoms with Crippen LogP contribution in [0.25, 0.3) is 22.2 Å². The topological polar surface area (TPSA) is 81.1 Å². The number of ether oxygens (including phenoxy) is 1. The molecule has 31 heavy (non-hydrogen) atoms. The summed E-state index contributed by atoms with van der Waals surface area (Å²) in [7, 11) is 1.96. The van der Waals surface area contributed by atoms with E-state index in [4.69, 9.17) is 16.3 Å². The number of imidazole rings is 1. The fraction of sp³-hybridized carbons (Fsp3) is 0.174. The van der Waals surface area contributed by atoms with Crippen molar-refractivity contribution in [3.05, 3.63) is 66.2 Å². The van der Waals surface area contributed by atoms with E-state index in [1.165, 1.54) is 0 Å². The van der Waals surface area contributed by atoms with Crippen LogP contribution in [0.2, 0.25) is 5.02 Å². The second-order valence-corrected chi connectivity index (χ2v) is 7.95. The standard InChI is InChI=1S/C23H20ClN5O2/c1-29-13-25-12-21(29)14-2-6-17-20(10-14)26-9-8-22(17)31-16-5-7-19(18(24)11-16)28-23(30)27-15-3-4-15/h2,5-13,15H,3-4H2,1H3,(H2,27,28,30). The van der Waals surface area contributed by atoms with Gasteiger partial charge in [0.1, 0.15) is 11.5 Å². The number of halogens is 1. The highest BCUT2D eigenvalue weighted by Crippen LogP contribution is 2.34. The number of urea groups is 1. The largest absolute Gasteiger partial charge is 0.457 e. The molecule has 1 aliphatic carbocycles. The van der Waals surface area contributed by atoms with E-state index >= 15 is 0 Å². The highest BCUT2D eigenvalue weighted by atomic mass is 35.5. The number of benzene rings is 2. The van der Waals surface area contributed by atoms with E-state index in [0.29, 0.717) is 22.2 Å². The Morgan fingerprint density at radius 3 is 2.81 bits per heavy atom. The molecule has 1 aliphatic rings. The number of amides is 2. The fourth-order valence-corrected chi connectivity index (χ4v) is 3.58. The van der Waals surface area contributed by atoms with Gasteiger partial charge < -0.3 is 19.9 Å². The molecule has 0 radical (unpaired) electrons. The Bertz CT molecular complexity index is 1280. The molecule has 8 heteroatoms. The summed E-state index contributed by atoms with van der Waals surface area (Å²) in [5.74, 6) is 1.24. The number of aromatic nitrogens is 3. The molecule has 0 unspecified atom stereocenters. The molecule has 0 atom stereocenters. The minimum atomic E-state index is -0.248. The SMILES string of the molecule is Cn1cncc1-c1ccc2c(Oc3ccc(NC(=O)NC4CC4)c(Cl)c3)ccnc2c1. The zero-order valence-electron chi connectivity index (χ0n) is 16.8. The molecule has 2 amide bonds. The molecule has 156 valence electrons. The molecule has 2 N–H and O–H groups in total. The number of nitrogens with one attached hydrogen (secondary N) is 2. The van der Waals surface area contributed by atoms with Gasteiger partial charge >= 0.3 is 6.03 Å². The molecule has 4 aromatic rings. The number of carbonyl (C=O) groups excluding carboxylic acids is 1. The van der Waals surface area contributed by atoms with E-state index in [0.717, 1.165) is 35.0 Å². The molecule has 0 bridgehead atoms. The summed E-state index contributed by atoms with van der Waals surface area (Å²) >= 11 is 6.36. The number of carbonyl (C=O) groups is 1. The molecule has 0 saturated heterocycles. The van der Waals surface area contributed by atoms with Gasteiger partial charge in [-0.05, 0) is 43.2 Å². The van der Waals surface area contributed by atoms with E-state index in [-0.39, 0.29) is 12.1 Å². The van der Waals surface area contributed by atoms with Crippen molar-refractivity contribution in [2.45, 2.75) is 18.9 Å². The summed E-state index contributed by atoms with van der Waals surface area (Å²) in [5, 5.41) is 6.93. The lowest BCUT2D eigenvalue weighted by Gasteiger charge is -2.12. The van der Waals surface area contributed by atoms with Crippen LogP contribution in [0.3, 0.4) is 0 Å². The van der Waals surface area contributed by atoms with Crippen molar-refractivity contribution in [2.75, 3.05) is 5.32 Å². The zero-order valence-corrected chi connectivity index (χ0v) is 17.6. The minimum absolute atomic E-state index is 0.248. The first-order valence-corrected chi connectivity index (χ1v) is 10.3. The highest BCUT2D eigenvalue weighted by molar-refractivity contribution is 6.33. The van der Waals surface area contributed by atoms with E-state index in [9.17, 15) is 4.79 Å². The smallest absolute Gasteiger partial charge is 0.319 e. The van der Waals surface area contributed by atoms with E-state index in [2.05, 4.69) is 20.6 Å². The highest BCUT2D eigenvalue weighted by Gasteiger charge is 2.23. The average molecular weight is 434 g/mol. The molecule has 2 heterocycles. The first-order valence-electron chi connectivity index (χ1n) is 9.97. The van der Waals surface area contributed by atoms with Crippen molar-refractivity contribution in [3.63, 3.8) is 0 Å². The molecule has 1 fully saturated rings. The van der Waals surface area contributed by atoms with E-state index in [1.807, 2.05) is 42.1 Å². The van der Waals surface area contributed by atoms with Gasteiger partial charge in [0.15, 0.2) is 0 Å². The fourth-order valence-electron chi connectivity index (χ4n) is 3.36. The number of pyridine rings is 1. The van der Waals surface area contributed by atoms with Crippen LogP contribution < -0.4 is 15.4 Å².